The molecule has 20 heavy (non-hydrogen) atoms. The molecule has 3 rings (SSSR count). The number of hydrogen-bond donors (Lipinski definition) is 0. The zero-order chi connectivity index (χ0) is 13.9. The lowest BCUT2D eigenvalue weighted by molar-refractivity contribution is -0.138. The van der Waals surface area contributed by atoms with Gasteiger partial charge in [-0.25, -0.2) is 4.79 Å². The molecule has 3 nitrogen and oxygen atoms in total. The third kappa shape index (κ3) is 2.33. The van der Waals surface area contributed by atoms with E-state index >= 15 is 0 Å². The van der Waals surface area contributed by atoms with E-state index in [1.165, 1.54) is 24.1 Å². The molecule has 1 fully saturated rings. The Balaban J connectivity index is 1.98. The van der Waals surface area contributed by atoms with Crippen LogP contribution in [0.5, 0.6) is 0 Å². The molecule has 0 N–H and O–H groups in total. The third-order valence-corrected chi connectivity index (χ3v) is 4.23. The Morgan fingerprint density at radius 2 is 2.10 bits per heavy atom. The monoisotopic (exact) mass is 271 g/mol. The van der Waals surface area contributed by atoms with E-state index in [2.05, 4.69) is 17.0 Å². The first-order valence-corrected chi connectivity index (χ1v) is 7.51. The molecule has 106 valence electrons. The minimum atomic E-state index is -0.124. The van der Waals surface area contributed by atoms with Crippen LogP contribution in [0.25, 0.3) is 0 Å². The number of ether oxygens (including phenoxy) is 1. The fraction of sp³-hybridized carbons (Fsp3) is 0.471. The van der Waals surface area contributed by atoms with Crippen LogP contribution in [0.2, 0.25) is 0 Å². The largest absolute Gasteiger partial charge is 0.463 e. The summed E-state index contributed by atoms with van der Waals surface area (Å²) >= 11 is 0. The second-order valence-corrected chi connectivity index (χ2v) is 5.45. The van der Waals surface area contributed by atoms with Crippen molar-refractivity contribution in [2.45, 2.75) is 32.1 Å². The molecule has 2 heterocycles. The number of esters is 1. The van der Waals surface area contributed by atoms with Crippen molar-refractivity contribution in [1.82, 2.24) is 4.90 Å². The number of hydrogen-bond acceptors (Lipinski definition) is 3. The van der Waals surface area contributed by atoms with E-state index in [0.29, 0.717) is 6.61 Å². The maximum absolute atomic E-state index is 12.4. The number of piperidine rings is 1. The molecule has 0 saturated carbocycles. The van der Waals surface area contributed by atoms with Gasteiger partial charge < -0.3 is 9.64 Å². The predicted octanol–water partition coefficient (Wildman–Crippen LogP) is 3.09. The van der Waals surface area contributed by atoms with Crippen molar-refractivity contribution >= 4 is 5.97 Å². The number of allylic oxidation sites excluding steroid dienone is 1. The fourth-order valence-corrected chi connectivity index (χ4v) is 3.33. The predicted molar refractivity (Wildman–Crippen MR) is 78.3 cm³/mol. The molecule has 2 aliphatic rings. The summed E-state index contributed by atoms with van der Waals surface area (Å²) in [6.07, 6.45) is 3.41. The van der Waals surface area contributed by atoms with Gasteiger partial charge in [0.1, 0.15) is 0 Å². The lowest BCUT2D eigenvalue weighted by Crippen LogP contribution is -2.26. The molecule has 1 saturated heterocycles. The van der Waals surface area contributed by atoms with Crippen LogP contribution in [-0.4, -0.2) is 30.6 Å². The van der Waals surface area contributed by atoms with E-state index in [1.54, 1.807) is 0 Å². The van der Waals surface area contributed by atoms with Gasteiger partial charge in [0.2, 0.25) is 0 Å². The number of nitrogens with zero attached hydrogens (tertiary/aromatic N) is 1. The second-order valence-electron chi connectivity index (χ2n) is 5.45. The topological polar surface area (TPSA) is 29.5 Å². The Morgan fingerprint density at radius 3 is 2.85 bits per heavy atom. The van der Waals surface area contributed by atoms with Gasteiger partial charge in [0.25, 0.3) is 0 Å². The second kappa shape index (κ2) is 5.70. The Morgan fingerprint density at radius 1 is 1.30 bits per heavy atom. The summed E-state index contributed by atoms with van der Waals surface area (Å²) in [5.74, 6) is 0.0455. The van der Waals surface area contributed by atoms with Crippen LogP contribution in [-0.2, 0) is 9.53 Å². The average molecular weight is 271 g/mol. The summed E-state index contributed by atoms with van der Waals surface area (Å²) in [7, 11) is 0. The standard InChI is InChI=1S/C17H21NO2/c1-2-20-17(19)16-14(13-8-4-3-5-9-13)12-18-11-7-6-10-15(16)18/h3-5,8-9,14H,2,6-7,10-12H2,1H3/t14-/m0/s1. The molecule has 1 aromatic rings. The van der Waals surface area contributed by atoms with Crippen LogP contribution in [0, 0.1) is 0 Å². The summed E-state index contributed by atoms with van der Waals surface area (Å²) in [5.41, 5.74) is 3.35. The molecule has 0 aliphatic carbocycles. The number of carbonyl (C=O) groups is 1. The maximum atomic E-state index is 12.4. The number of benzene rings is 1. The molecule has 0 amide bonds. The Bertz CT molecular complexity index is 521. The lowest BCUT2D eigenvalue weighted by atomic mass is 9.92. The number of carbonyl (C=O) groups excluding carboxylic acids is 1. The molecular formula is C17H21NO2. The van der Waals surface area contributed by atoms with Crippen LogP contribution in [0.3, 0.4) is 0 Å². The summed E-state index contributed by atoms with van der Waals surface area (Å²) < 4.78 is 5.30. The summed E-state index contributed by atoms with van der Waals surface area (Å²) in [4.78, 5) is 14.8. The minimum Gasteiger partial charge on any atom is -0.463 e. The SMILES string of the molecule is CCOC(=O)C1=C2CCCCN2C[C@H]1c1ccccc1. The molecule has 0 unspecified atom stereocenters. The summed E-state index contributed by atoms with van der Waals surface area (Å²) in [6.45, 7) is 4.31. The highest BCUT2D eigenvalue weighted by atomic mass is 16.5. The first-order chi connectivity index (χ1) is 9.81. The van der Waals surface area contributed by atoms with Crippen molar-refractivity contribution in [3.63, 3.8) is 0 Å². The van der Waals surface area contributed by atoms with Crippen LogP contribution in [0.4, 0.5) is 0 Å². The summed E-state index contributed by atoms with van der Waals surface area (Å²) in [5, 5.41) is 0. The molecule has 0 spiro atoms. The van der Waals surface area contributed by atoms with E-state index in [4.69, 9.17) is 4.74 Å². The van der Waals surface area contributed by atoms with Crippen molar-refractivity contribution in [1.29, 1.82) is 0 Å². The van der Waals surface area contributed by atoms with Gasteiger partial charge >= 0.3 is 5.97 Å². The fourth-order valence-electron chi connectivity index (χ4n) is 3.33. The van der Waals surface area contributed by atoms with E-state index < -0.39 is 0 Å². The maximum Gasteiger partial charge on any atom is 0.336 e. The molecule has 1 aromatic carbocycles. The van der Waals surface area contributed by atoms with Crippen molar-refractivity contribution in [2.75, 3.05) is 19.7 Å². The van der Waals surface area contributed by atoms with E-state index in [9.17, 15) is 4.79 Å². The zero-order valence-corrected chi connectivity index (χ0v) is 12.0. The highest BCUT2D eigenvalue weighted by Crippen LogP contribution is 2.40. The lowest BCUT2D eigenvalue weighted by Gasteiger charge is -2.27. The van der Waals surface area contributed by atoms with Gasteiger partial charge in [0.05, 0.1) is 12.2 Å². The molecule has 2 aliphatic heterocycles. The molecule has 0 radical (unpaired) electrons. The zero-order valence-electron chi connectivity index (χ0n) is 12.0. The average Bonchev–Trinajstić information content (AvgIpc) is 2.88. The first-order valence-electron chi connectivity index (χ1n) is 7.51. The van der Waals surface area contributed by atoms with Crippen LogP contribution < -0.4 is 0 Å². The van der Waals surface area contributed by atoms with Crippen molar-refractivity contribution in [2.24, 2.45) is 0 Å². The van der Waals surface area contributed by atoms with Gasteiger partial charge in [-0.1, -0.05) is 30.3 Å². The van der Waals surface area contributed by atoms with Crippen LogP contribution >= 0.6 is 0 Å². The third-order valence-electron chi connectivity index (χ3n) is 4.23. The molecule has 3 heteroatoms. The van der Waals surface area contributed by atoms with E-state index in [0.717, 1.165) is 25.1 Å². The van der Waals surface area contributed by atoms with Gasteiger partial charge in [-0.3, -0.25) is 0 Å². The normalized spacial score (nSPS) is 21.9. The Kier molecular flexibility index (Phi) is 3.77. The van der Waals surface area contributed by atoms with Crippen molar-refractivity contribution < 1.29 is 9.53 Å². The number of fused-ring (bicyclic) bond motifs is 1. The van der Waals surface area contributed by atoms with Gasteiger partial charge in [0, 0.05) is 24.7 Å². The van der Waals surface area contributed by atoms with Crippen LogP contribution in [0.1, 0.15) is 37.7 Å². The van der Waals surface area contributed by atoms with E-state index in [1.807, 2.05) is 25.1 Å². The van der Waals surface area contributed by atoms with Crippen molar-refractivity contribution in [3.8, 4) is 0 Å². The minimum absolute atomic E-state index is 0.124. The molecule has 0 bridgehead atoms. The van der Waals surface area contributed by atoms with Gasteiger partial charge in [-0.2, -0.15) is 0 Å². The summed E-state index contributed by atoms with van der Waals surface area (Å²) in [6, 6.07) is 10.3. The molecule has 0 aromatic heterocycles. The smallest absolute Gasteiger partial charge is 0.336 e. The number of rotatable bonds is 3. The Hall–Kier alpha value is -1.77. The quantitative estimate of drug-likeness (QED) is 0.791. The van der Waals surface area contributed by atoms with Gasteiger partial charge in [-0.15, -0.1) is 0 Å². The Labute approximate surface area is 120 Å². The highest BCUT2D eigenvalue weighted by molar-refractivity contribution is 5.92. The van der Waals surface area contributed by atoms with Gasteiger partial charge in [-0.05, 0) is 31.7 Å². The van der Waals surface area contributed by atoms with E-state index in [-0.39, 0.29) is 11.9 Å². The van der Waals surface area contributed by atoms with Crippen molar-refractivity contribution in [3.05, 3.63) is 47.2 Å². The van der Waals surface area contributed by atoms with Gasteiger partial charge in [0.15, 0.2) is 0 Å². The molecular weight excluding hydrogens is 250 g/mol. The van der Waals surface area contributed by atoms with Crippen LogP contribution in [0.15, 0.2) is 41.6 Å². The molecule has 1 atom stereocenters. The first kappa shape index (κ1) is 13.2. The highest BCUT2D eigenvalue weighted by Gasteiger charge is 2.37.